The Hall–Kier alpha value is -0.0400. The van der Waals surface area contributed by atoms with E-state index in [1.807, 2.05) is 0 Å². The van der Waals surface area contributed by atoms with E-state index >= 15 is 0 Å². The largest absolute Gasteiger partial charge is 0.311 e. The van der Waals surface area contributed by atoms with Crippen LogP contribution in [0.4, 0.5) is 0 Å². The first-order valence-electron chi connectivity index (χ1n) is 3.21. The van der Waals surface area contributed by atoms with Gasteiger partial charge in [0.15, 0.2) is 0 Å². The second kappa shape index (κ2) is 1.27. The highest BCUT2D eigenvalue weighted by molar-refractivity contribution is 5.03. The Bertz CT molecular complexity index is 89.0. The molecule has 0 aliphatic carbocycles. The van der Waals surface area contributed by atoms with Crippen molar-refractivity contribution in [3.05, 3.63) is 0 Å². The molecule has 48 valence electrons. The molecule has 0 atom stereocenters. The number of nitrogens with one attached hydrogen (secondary N) is 1. The van der Waals surface area contributed by atoms with Gasteiger partial charge in [0.05, 0.1) is 0 Å². The van der Waals surface area contributed by atoms with Crippen molar-refractivity contribution in [1.82, 2.24) is 5.32 Å². The third-order valence-corrected chi connectivity index (χ3v) is 2.66. The lowest BCUT2D eigenvalue weighted by atomic mass is 9.68. The van der Waals surface area contributed by atoms with E-state index in [-0.39, 0.29) is 0 Å². The fourth-order valence-corrected chi connectivity index (χ4v) is 0.795. The van der Waals surface area contributed by atoms with Gasteiger partial charge in [-0.2, -0.15) is 0 Å². The minimum Gasteiger partial charge on any atom is -0.311 e. The Morgan fingerprint density at radius 2 is 1.50 bits per heavy atom. The molecule has 1 heteroatoms. The van der Waals surface area contributed by atoms with Gasteiger partial charge in [-0.3, -0.25) is 0 Å². The Labute approximate surface area is 51.5 Å². The van der Waals surface area contributed by atoms with Gasteiger partial charge < -0.3 is 5.32 Å². The van der Waals surface area contributed by atoms with Gasteiger partial charge in [-0.15, -0.1) is 0 Å². The zero-order chi connectivity index (χ0) is 6.41. The topological polar surface area (TPSA) is 12.0 Å². The second-order valence-corrected chi connectivity index (χ2v) is 3.86. The van der Waals surface area contributed by atoms with Crippen molar-refractivity contribution < 1.29 is 0 Å². The van der Waals surface area contributed by atoms with E-state index in [2.05, 4.69) is 33.0 Å². The van der Waals surface area contributed by atoms with Crippen LogP contribution in [0.15, 0.2) is 0 Å². The van der Waals surface area contributed by atoms with E-state index in [0.29, 0.717) is 11.0 Å². The van der Waals surface area contributed by atoms with Gasteiger partial charge in [-0.1, -0.05) is 13.8 Å². The zero-order valence-corrected chi connectivity index (χ0v) is 6.21. The van der Waals surface area contributed by atoms with Crippen LogP contribution >= 0.6 is 0 Å². The summed E-state index contributed by atoms with van der Waals surface area (Å²) < 4.78 is 0. The van der Waals surface area contributed by atoms with Crippen LogP contribution in [0.25, 0.3) is 0 Å². The normalized spacial score (nSPS) is 31.5. The summed E-state index contributed by atoms with van der Waals surface area (Å²) in [6, 6.07) is 0. The highest BCUT2D eigenvalue weighted by atomic mass is 15.1. The number of rotatable bonds is 0. The molecule has 0 aromatic rings. The van der Waals surface area contributed by atoms with Crippen LogP contribution in [0.3, 0.4) is 0 Å². The van der Waals surface area contributed by atoms with Crippen molar-refractivity contribution in [3.8, 4) is 0 Å². The zero-order valence-electron chi connectivity index (χ0n) is 6.21. The van der Waals surface area contributed by atoms with E-state index < -0.39 is 0 Å². The fourth-order valence-electron chi connectivity index (χ4n) is 0.795. The van der Waals surface area contributed by atoms with E-state index in [1.165, 1.54) is 6.54 Å². The standard InChI is InChI=1S/C7H15N/c1-6(2)5-8-7(6,3)4/h8H,5H2,1-4H3. The van der Waals surface area contributed by atoms with Crippen molar-refractivity contribution in [2.45, 2.75) is 33.2 Å². The van der Waals surface area contributed by atoms with E-state index in [1.54, 1.807) is 0 Å². The van der Waals surface area contributed by atoms with Crippen LogP contribution in [0.2, 0.25) is 0 Å². The van der Waals surface area contributed by atoms with Crippen molar-refractivity contribution in [1.29, 1.82) is 0 Å². The molecule has 1 nitrogen and oxygen atoms in total. The SMILES string of the molecule is CC1(C)CNC1(C)C. The summed E-state index contributed by atoms with van der Waals surface area (Å²) in [6.07, 6.45) is 0. The van der Waals surface area contributed by atoms with Crippen LogP contribution in [0, 0.1) is 5.41 Å². The molecule has 0 aromatic carbocycles. The van der Waals surface area contributed by atoms with Crippen LogP contribution in [-0.4, -0.2) is 12.1 Å². The van der Waals surface area contributed by atoms with Crippen LogP contribution in [0.1, 0.15) is 27.7 Å². The minimum absolute atomic E-state index is 0.368. The second-order valence-electron chi connectivity index (χ2n) is 3.86. The molecule has 1 N–H and O–H groups in total. The average Bonchev–Trinajstić information content (AvgIpc) is 1.64. The molecule has 0 unspecified atom stereocenters. The van der Waals surface area contributed by atoms with Gasteiger partial charge in [0.1, 0.15) is 0 Å². The Morgan fingerprint density at radius 1 is 1.12 bits per heavy atom. The molecule has 1 rings (SSSR count). The summed E-state index contributed by atoms with van der Waals surface area (Å²) in [5.74, 6) is 0. The van der Waals surface area contributed by atoms with Gasteiger partial charge in [-0.05, 0) is 19.3 Å². The van der Waals surface area contributed by atoms with Crippen molar-refractivity contribution >= 4 is 0 Å². The Balaban J connectivity index is 2.63. The lowest BCUT2D eigenvalue weighted by Gasteiger charge is -2.53. The quantitative estimate of drug-likeness (QED) is 0.500. The monoisotopic (exact) mass is 113 g/mol. The van der Waals surface area contributed by atoms with Crippen molar-refractivity contribution in [2.24, 2.45) is 5.41 Å². The summed E-state index contributed by atoms with van der Waals surface area (Å²) in [5.41, 5.74) is 0.875. The molecule has 0 radical (unpaired) electrons. The first-order valence-corrected chi connectivity index (χ1v) is 3.21. The molecule has 0 amide bonds. The van der Waals surface area contributed by atoms with Gasteiger partial charge in [0, 0.05) is 12.1 Å². The summed E-state index contributed by atoms with van der Waals surface area (Å²) in [4.78, 5) is 0. The predicted octanol–water partition coefficient (Wildman–Crippen LogP) is 1.39. The van der Waals surface area contributed by atoms with E-state index in [4.69, 9.17) is 0 Å². The van der Waals surface area contributed by atoms with E-state index in [9.17, 15) is 0 Å². The molecule has 1 aliphatic heterocycles. The Morgan fingerprint density at radius 3 is 1.50 bits per heavy atom. The molecule has 1 aliphatic rings. The maximum Gasteiger partial charge on any atom is 0.0188 e. The molecule has 0 saturated carbocycles. The fraction of sp³-hybridized carbons (Fsp3) is 1.00. The summed E-state index contributed by atoms with van der Waals surface area (Å²) >= 11 is 0. The lowest BCUT2D eigenvalue weighted by Crippen LogP contribution is -2.66. The number of hydrogen-bond donors (Lipinski definition) is 1. The maximum absolute atomic E-state index is 3.38. The summed E-state index contributed by atoms with van der Waals surface area (Å²) in [5, 5.41) is 3.38. The van der Waals surface area contributed by atoms with Crippen LogP contribution < -0.4 is 5.32 Å². The molecule has 8 heavy (non-hydrogen) atoms. The number of hydrogen-bond acceptors (Lipinski definition) is 1. The van der Waals surface area contributed by atoms with Crippen LogP contribution in [0.5, 0.6) is 0 Å². The third-order valence-electron chi connectivity index (χ3n) is 2.66. The smallest absolute Gasteiger partial charge is 0.0188 e. The first-order chi connectivity index (χ1) is 3.46. The summed E-state index contributed by atoms with van der Waals surface area (Å²) in [7, 11) is 0. The highest BCUT2D eigenvalue weighted by Gasteiger charge is 2.44. The first kappa shape index (κ1) is 6.09. The minimum atomic E-state index is 0.368. The molecular weight excluding hydrogens is 98.1 g/mol. The van der Waals surface area contributed by atoms with Crippen LogP contribution in [-0.2, 0) is 0 Å². The van der Waals surface area contributed by atoms with Gasteiger partial charge in [0.25, 0.3) is 0 Å². The Kier molecular flexibility index (Phi) is 0.965. The lowest BCUT2D eigenvalue weighted by molar-refractivity contribution is 0.0478. The molecule has 1 saturated heterocycles. The third kappa shape index (κ3) is 0.576. The van der Waals surface area contributed by atoms with E-state index in [0.717, 1.165) is 0 Å². The maximum atomic E-state index is 3.38. The predicted molar refractivity (Wildman–Crippen MR) is 35.9 cm³/mol. The van der Waals surface area contributed by atoms with Gasteiger partial charge in [-0.25, -0.2) is 0 Å². The van der Waals surface area contributed by atoms with Crippen molar-refractivity contribution in [3.63, 3.8) is 0 Å². The molecule has 1 heterocycles. The summed E-state index contributed by atoms with van der Waals surface area (Å²) in [6.45, 7) is 10.2. The molecule has 1 fully saturated rings. The molecule has 0 bridgehead atoms. The van der Waals surface area contributed by atoms with Gasteiger partial charge >= 0.3 is 0 Å². The highest BCUT2D eigenvalue weighted by Crippen LogP contribution is 2.37. The van der Waals surface area contributed by atoms with Crippen molar-refractivity contribution in [2.75, 3.05) is 6.54 Å². The average molecular weight is 113 g/mol. The van der Waals surface area contributed by atoms with Gasteiger partial charge in [0.2, 0.25) is 0 Å². The molecule has 0 aromatic heterocycles. The molecular formula is C7H15N. The molecule has 0 spiro atoms.